The highest BCUT2D eigenvalue weighted by Crippen LogP contribution is 2.42. The summed E-state index contributed by atoms with van der Waals surface area (Å²) in [5.74, 6) is -0.00319. The third-order valence-corrected chi connectivity index (χ3v) is 7.26. The lowest BCUT2D eigenvalue weighted by atomic mass is 9.95. The van der Waals surface area contributed by atoms with Crippen LogP contribution in [0.25, 0.3) is 5.76 Å². The van der Waals surface area contributed by atoms with E-state index in [0.717, 1.165) is 11.1 Å². The lowest BCUT2D eigenvalue weighted by Crippen LogP contribution is -2.31. The predicted octanol–water partition coefficient (Wildman–Crippen LogP) is 5.70. The van der Waals surface area contributed by atoms with E-state index in [-0.39, 0.29) is 11.3 Å². The van der Waals surface area contributed by atoms with E-state index in [1.54, 1.807) is 18.2 Å². The van der Waals surface area contributed by atoms with Gasteiger partial charge in [0, 0.05) is 12.1 Å². The molecule has 0 bridgehead atoms. The largest absolute Gasteiger partial charge is 0.507 e. The highest BCUT2D eigenvalue weighted by molar-refractivity contribution is 6.46. The number of ether oxygens (including phenoxy) is 3. The van der Waals surface area contributed by atoms with Gasteiger partial charge in [-0.25, -0.2) is 0 Å². The first-order valence-electron chi connectivity index (χ1n) is 13.6. The number of rotatable bonds is 8. The van der Waals surface area contributed by atoms with E-state index in [9.17, 15) is 14.7 Å². The van der Waals surface area contributed by atoms with Crippen molar-refractivity contribution in [3.63, 3.8) is 0 Å². The molecule has 2 aliphatic rings. The third kappa shape index (κ3) is 5.52. The van der Waals surface area contributed by atoms with Crippen molar-refractivity contribution < 1.29 is 28.9 Å². The Balaban J connectivity index is 1.38. The molecule has 0 saturated carbocycles. The van der Waals surface area contributed by atoms with Crippen LogP contribution in [0.3, 0.4) is 0 Å². The number of likely N-dealkylation sites (tertiary alicyclic amines) is 1. The number of aliphatic hydroxyl groups excluding tert-OH is 1. The number of carbonyl (C=O) groups excluding carboxylic acids is 2. The molecule has 1 atom stereocenters. The lowest BCUT2D eigenvalue weighted by molar-refractivity contribution is -0.139. The maximum atomic E-state index is 13.5. The number of benzene rings is 4. The minimum atomic E-state index is -0.799. The summed E-state index contributed by atoms with van der Waals surface area (Å²) in [5, 5.41) is 11.5. The molecule has 0 aromatic heterocycles. The first-order chi connectivity index (χ1) is 20.1. The molecule has 1 fully saturated rings. The zero-order valence-electron chi connectivity index (χ0n) is 22.4. The Morgan fingerprint density at radius 3 is 2.27 bits per heavy atom. The topological polar surface area (TPSA) is 85.3 Å². The highest BCUT2D eigenvalue weighted by atomic mass is 16.6. The van der Waals surface area contributed by atoms with Crippen LogP contribution in [-0.4, -0.2) is 41.5 Å². The van der Waals surface area contributed by atoms with Crippen LogP contribution in [0.1, 0.15) is 28.3 Å². The Hall–Kier alpha value is -5.04. The summed E-state index contributed by atoms with van der Waals surface area (Å²) in [4.78, 5) is 28.5. The van der Waals surface area contributed by atoms with Crippen LogP contribution in [0, 0.1) is 0 Å². The monoisotopic (exact) mass is 547 g/mol. The maximum absolute atomic E-state index is 13.5. The second-order valence-electron chi connectivity index (χ2n) is 9.93. The molecule has 1 amide bonds. The molecular formula is C34H29NO6. The quantitative estimate of drug-likeness (QED) is 0.173. The summed E-state index contributed by atoms with van der Waals surface area (Å²) >= 11 is 0. The molecule has 0 unspecified atom stereocenters. The first kappa shape index (κ1) is 26.2. The molecular weight excluding hydrogens is 518 g/mol. The Morgan fingerprint density at radius 1 is 0.805 bits per heavy atom. The minimum Gasteiger partial charge on any atom is -0.507 e. The fourth-order valence-electron chi connectivity index (χ4n) is 5.21. The molecule has 0 aliphatic carbocycles. The molecule has 206 valence electrons. The van der Waals surface area contributed by atoms with Gasteiger partial charge < -0.3 is 24.2 Å². The van der Waals surface area contributed by atoms with Gasteiger partial charge in [-0.1, -0.05) is 72.8 Å². The Bertz CT molecular complexity index is 1600. The molecule has 4 aromatic carbocycles. The van der Waals surface area contributed by atoms with Crippen LogP contribution < -0.4 is 14.2 Å². The molecule has 1 N–H and O–H groups in total. The van der Waals surface area contributed by atoms with Crippen molar-refractivity contribution in [2.45, 2.75) is 19.1 Å². The zero-order valence-corrected chi connectivity index (χ0v) is 22.4. The summed E-state index contributed by atoms with van der Waals surface area (Å²) < 4.78 is 17.3. The standard InChI is InChI=1S/C34H29NO6/c36-32(26-14-15-28-29(21-26)40-19-18-39-28)30-31(35(34(38)33(30)37)17-16-23-8-3-1-4-9-23)25-12-7-13-27(20-25)41-22-24-10-5-2-6-11-24/h1-15,20-21,31,36H,16-19,22H2/t31-/m0/s1. The second-order valence-corrected chi connectivity index (χ2v) is 9.93. The van der Waals surface area contributed by atoms with Crippen molar-refractivity contribution in [2.75, 3.05) is 19.8 Å². The van der Waals surface area contributed by atoms with Gasteiger partial charge >= 0.3 is 0 Å². The van der Waals surface area contributed by atoms with Crippen molar-refractivity contribution in [3.05, 3.63) is 131 Å². The third-order valence-electron chi connectivity index (χ3n) is 7.26. The summed E-state index contributed by atoms with van der Waals surface area (Å²) in [6.45, 7) is 1.49. The van der Waals surface area contributed by atoms with Gasteiger partial charge in [0.05, 0.1) is 11.6 Å². The van der Waals surface area contributed by atoms with E-state index in [0.29, 0.717) is 61.2 Å². The van der Waals surface area contributed by atoms with Gasteiger partial charge in [-0.2, -0.15) is 0 Å². The van der Waals surface area contributed by atoms with Crippen LogP contribution in [0.4, 0.5) is 0 Å². The number of hydrogen-bond donors (Lipinski definition) is 1. The lowest BCUT2D eigenvalue weighted by Gasteiger charge is -2.26. The minimum absolute atomic E-state index is 0.0277. The van der Waals surface area contributed by atoms with Crippen LogP contribution in [0.5, 0.6) is 17.2 Å². The van der Waals surface area contributed by atoms with Gasteiger partial charge in [0.25, 0.3) is 11.7 Å². The molecule has 2 aliphatic heterocycles. The van der Waals surface area contributed by atoms with E-state index < -0.39 is 17.7 Å². The highest BCUT2D eigenvalue weighted by Gasteiger charge is 2.46. The van der Waals surface area contributed by atoms with Crippen LogP contribution >= 0.6 is 0 Å². The number of Topliss-reactive ketones (excluding diaryl/α,β-unsaturated/α-hetero) is 1. The fourth-order valence-corrected chi connectivity index (χ4v) is 5.21. The number of fused-ring (bicyclic) bond motifs is 1. The normalized spacial score (nSPS) is 17.5. The fraction of sp³-hybridized carbons (Fsp3) is 0.176. The van der Waals surface area contributed by atoms with Gasteiger partial charge in [0.15, 0.2) is 11.5 Å². The molecule has 7 nitrogen and oxygen atoms in total. The summed E-state index contributed by atoms with van der Waals surface area (Å²) in [6, 6.07) is 31.1. The molecule has 41 heavy (non-hydrogen) atoms. The summed E-state index contributed by atoms with van der Waals surface area (Å²) in [7, 11) is 0. The summed E-state index contributed by atoms with van der Waals surface area (Å²) in [5.41, 5.74) is 3.13. The van der Waals surface area contributed by atoms with E-state index in [1.807, 2.05) is 84.9 Å². The Kier molecular flexibility index (Phi) is 7.41. The number of nitrogens with zero attached hydrogens (tertiary/aromatic N) is 1. The number of amides is 1. The first-order valence-corrected chi connectivity index (χ1v) is 13.6. The second kappa shape index (κ2) is 11.6. The molecule has 7 heteroatoms. The van der Waals surface area contributed by atoms with Gasteiger partial charge in [0.1, 0.15) is 31.3 Å². The molecule has 0 spiro atoms. The average molecular weight is 548 g/mol. The Morgan fingerprint density at radius 2 is 1.51 bits per heavy atom. The number of aliphatic hydroxyl groups is 1. The maximum Gasteiger partial charge on any atom is 0.295 e. The van der Waals surface area contributed by atoms with Gasteiger partial charge in [-0.05, 0) is 53.4 Å². The predicted molar refractivity (Wildman–Crippen MR) is 154 cm³/mol. The molecule has 6 rings (SSSR count). The van der Waals surface area contributed by atoms with Crippen molar-refractivity contribution in [1.82, 2.24) is 4.90 Å². The van der Waals surface area contributed by atoms with Crippen LogP contribution in [0.15, 0.2) is 109 Å². The van der Waals surface area contributed by atoms with Crippen molar-refractivity contribution in [1.29, 1.82) is 0 Å². The van der Waals surface area contributed by atoms with E-state index in [2.05, 4.69) is 0 Å². The Labute approximate surface area is 238 Å². The molecule has 2 heterocycles. The number of ketones is 1. The molecule has 1 saturated heterocycles. The van der Waals surface area contributed by atoms with E-state index in [1.165, 1.54) is 4.90 Å². The smallest absolute Gasteiger partial charge is 0.295 e. The molecule has 4 aromatic rings. The van der Waals surface area contributed by atoms with Crippen molar-refractivity contribution in [3.8, 4) is 17.2 Å². The molecule has 0 radical (unpaired) electrons. The summed E-state index contributed by atoms with van der Waals surface area (Å²) in [6.07, 6.45) is 0.554. The zero-order chi connectivity index (χ0) is 28.2. The van der Waals surface area contributed by atoms with Crippen molar-refractivity contribution >= 4 is 17.4 Å². The van der Waals surface area contributed by atoms with E-state index >= 15 is 0 Å². The van der Waals surface area contributed by atoms with Crippen LogP contribution in [0.2, 0.25) is 0 Å². The van der Waals surface area contributed by atoms with Gasteiger partial charge in [-0.3, -0.25) is 9.59 Å². The number of carbonyl (C=O) groups is 2. The van der Waals surface area contributed by atoms with E-state index in [4.69, 9.17) is 14.2 Å². The van der Waals surface area contributed by atoms with Crippen molar-refractivity contribution in [2.24, 2.45) is 0 Å². The van der Waals surface area contributed by atoms with Gasteiger partial charge in [0.2, 0.25) is 0 Å². The average Bonchev–Trinajstić information content (AvgIpc) is 3.28. The van der Waals surface area contributed by atoms with Crippen LogP contribution in [-0.2, 0) is 22.6 Å². The SMILES string of the molecule is O=C1C(=O)N(CCc2ccccc2)[C@@H](c2cccc(OCc3ccccc3)c2)C1=C(O)c1ccc2c(c1)OCCO2. The number of hydrogen-bond acceptors (Lipinski definition) is 6. The van der Waals surface area contributed by atoms with Gasteiger partial charge in [-0.15, -0.1) is 0 Å².